The first-order valence-corrected chi connectivity index (χ1v) is 10.4. The lowest BCUT2D eigenvalue weighted by atomic mass is 9.95. The highest BCUT2D eigenvalue weighted by Crippen LogP contribution is 2.14. The van der Waals surface area contributed by atoms with Crippen LogP contribution in [-0.2, 0) is 20.9 Å². The van der Waals surface area contributed by atoms with E-state index in [-0.39, 0.29) is 12.5 Å². The van der Waals surface area contributed by atoms with Crippen molar-refractivity contribution < 1.29 is 24.2 Å². The number of carbonyl (C=O) groups is 3. The zero-order chi connectivity index (χ0) is 21.0. The van der Waals surface area contributed by atoms with Crippen molar-refractivity contribution in [3.05, 3.63) is 35.9 Å². The maximum atomic E-state index is 11.9. The number of ether oxygens (including phenoxy) is 1. The number of amides is 2. The second-order valence-electron chi connectivity index (χ2n) is 7.36. The van der Waals surface area contributed by atoms with Gasteiger partial charge in [-0.05, 0) is 29.9 Å². The number of rotatable bonds is 11. The van der Waals surface area contributed by atoms with Crippen molar-refractivity contribution >= 4 is 29.7 Å². The molecule has 0 unspecified atom stereocenters. The van der Waals surface area contributed by atoms with Gasteiger partial charge in [0.05, 0.1) is 0 Å². The molecule has 156 valence electrons. The maximum absolute atomic E-state index is 11.9. The van der Waals surface area contributed by atoms with Gasteiger partial charge in [0.15, 0.2) is 0 Å². The van der Waals surface area contributed by atoms with E-state index in [1.54, 1.807) is 32.5 Å². The Kier molecular flexibility index (Phi) is 10.4. The van der Waals surface area contributed by atoms with Crippen LogP contribution in [0.5, 0.6) is 0 Å². The van der Waals surface area contributed by atoms with E-state index in [1.807, 2.05) is 30.3 Å². The predicted octanol–water partition coefficient (Wildman–Crippen LogP) is 3.04. The number of benzene rings is 1. The van der Waals surface area contributed by atoms with Crippen LogP contribution in [0.25, 0.3) is 0 Å². The van der Waals surface area contributed by atoms with Gasteiger partial charge in [-0.15, -0.1) is 0 Å². The second kappa shape index (κ2) is 12.3. The van der Waals surface area contributed by atoms with E-state index in [4.69, 9.17) is 4.74 Å². The van der Waals surface area contributed by atoms with Gasteiger partial charge >= 0.3 is 12.1 Å². The second-order valence-corrected chi connectivity index (χ2v) is 8.58. The fourth-order valence-electron chi connectivity index (χ4n) is 2.07. The zero-order valence-corrected chi connectivity index (χ0v) is 17.5. The van der Waals surface area contributed by atoms with Gasteiger partial charge in [-0.2, -0.15) is 11.8 Å². The van der Waals surface area contributed by atoms with Crippen LogP contribution in [0.15, 0.2) is 30.3 Å². The van der Waals surface area contributed by atoms with Crippen LogP contribution in [0.4, 0.5) is 4.79 Å². The summed E-state index contributed by atoms with van der Waals surface area (Å²) in [5, 5.41) is 14.5. The first-order chi connectivity index (χ1) is 13.2. The van der Waals surface area contributed by atoms with E-state index in [1.165, 1.54) is 0 Å². The molecule has 0 fully saturated rings. The molecule has 3 N–H and O–H groups in total. The van der Waals surface area contributed by atoms with Crippen molar-refractivity contribution in [2.45, 2.75) is 46.3 Å². The Bertz CT molecular complexity index is 631. The molecule has 1 aromatic carbocycles. The van der Waals surface area contributed by atoms with Crippen molar-refractivity contribution in [3.63, 3.8) is 0 Å². The highest BCUT2D eigenvalue weighted by atomic mass is 32.2. The number of carboxylic acid groups (broad SMARTS) is 1. The summed E-state index contributed by atoms with van der Waals surface area (Å²) >= 11 is 1.59. The lowest BCUT2D eigenvalue weighted by Crippen LogP contribution is -2.46. The number of thioether (sulfide) groups is 1. The molecular weight excluding hydrogens is 380 g/mol. The van der Waals surface area contributed by atoms with Gasteiger partial charge in [0.25, 0.3) is 0 Å². The van der Waals surface area contributed by atoms with Gasteiger partial charge in [-0.3, -0.25) is 4.79 Å². The highest BCUT2D eigenvalue weighted by molar-refractivity contribution is 7.99. The van der Waals surface area contributed by atoms with E-state index < -0.39 is 23.5 Å². The van der Waals surface area contributed by atoms with Gasteiger partial charge in [0.2, 0.25) is 5.91 Å². The molecule has 7 nitrogen and oxygen atoms in total. The van der Waals surface area contributed by atoms with Crippen LogP contribution in [0, 0.1) is 5.41 Å². The van der Waals surface area contributed by atoms with E-state index in [0.29, 0.717) is 18.7 Å². The molecule has 0 heterocycles. The summed E-state index contributed by atoms with van der Waals surface area (Å²) in [6, 6.07) is 8.56. The summed E-state index contributed by atoms with van der Waals surface area (Å²) in [6.45, 7) is 5.96. The first kappa shape index (κ1) is 23.8. The average molecular weight is 411 g/mol. The molecule has 0 aliphatic rings. The highest BCUT2D eigenvalue weighted by Gasteiger charge is 2.26. The first-order valence-electron chi connectivity index (χ1n) is 9.26. The molecule has 0 saturated heterocycles. The van der Waals surface area contributed by atoms with Crippen LogP contribution < -0.4 is 10.6 Å². The molecule has 1 aromatic rings. The number of carbonyl (C=O) groups excluding carboxylic acids is 2. The van der Waals surface area contributed by atoms with Gasteiger partial charge in [-0.25, -0.2) is 9.59 Å². The molecular formula is C20H30N2O5S. The molecule has 2 amide bonds. The van der Waals surface area contributed by atoms with Gasteiger partial charge < -0.3 is 20.5 Å². The Hall–Kier alpha value is -2.22. The van der Waals surface area contributed by atoms with Crippen LogP contribution in [0.3, 0.4) is 0 Å². The molecule has 8 heteroatoms. The van der Waals surface area contributed by atoms with Crippen molar-refractivity contribution in [3.8, 4) is 0 Å². The van der Waals surface area contributed by atoms with E-state index in [0.717, 1.165) is 17.7 Å². The summed E-state index contributed by atoms with van der Waals surface area (Å²) in [5.41, 5.74) is 0.307. The Balaban J connectivity index is 2.11. The molecule has 0 spiro atoms. The third-order valence-electron chi connectivity index (χ3n) is 3.78. The van der Waals surface area contributed by atoms with Gasteiger partial charge in [0, 0.05) is 12.0 Å². The average Bonchev–Trinajstić information content (AvgIpc) is 2.64. The quantitative estimate of drug-likeness (QED) is 0.484. The minimum atomic E-state index is -1.03. The van der Waals surface area contributed by atoms with Crippen LogP contribution in [0.1, 0.15) is 39.2 Å². The molecule has 1 rings (SSSR count). The Morgan fingerprint density at radius 3 is 2.43 bits per heavy atom. The standard InChI is InChI=1S/C20H30N2O5S/c1-20(2,3)18(25)22-16(17(23)24)10-13-28-12-7-11-21-19(26)27-14-15-8-5-4-6-9-15/h4-6,8-9,16H,7,10-14H2,1-3H3,(H,21,26)(H,22,25)(H,23,24)/t16-/m1/s1. The topological polar surface area (TPSA) is 105 Å². The minimum Gasteiger partial charge on any atom is -0.480 e. The number of hydrogen-bond acceptors (Lipinski definition) is 5. The summed E-state index contributed by atoms with van der Waals surface area (Å²) in [6.07, 6.45) is 0.649. The van der Waals surface area contributed by atoms with E-state index in [9.17, 15) is 19.5 Å². The van der Waals surface area contributed by atoms with Crippen molar-refractivity contribution in [1.29, 1.82) is 0 Å². The fraction of sp³-hybridized carbons (Fsp3) is 0.550. The number of nitrogens with one attached hydrogen (secondary N) is 2. The van der Waals surface area contributed by atoms with Crippen LogP contribution in [0.2, 0.25) is 0 Å². The summed E-state index contributed by atoms with van der Waals surface area (Å²) in [5.74, 6) is 0.0855. The smallest absolute Gasteiger partial charge is 0.407 e. The number of carboxylic acids is 1. The molecule has 0 radical (unpaired) electrons. The Labute approximate surface area is 170 Å². The molecule has 0 aliphatic heterocycles. The maximum Gasteiger partial charge on any atom is 0.407 e. The number of alkyl carbamates (subject to hydrolysis) is 1. The lowest BCUT2D eigenvalue weighted by Gasteiger charge is -2.21. The summed E-state index contributed by atoms with van der Waals surface area (Å²) < 4.78 is 5.12. The molecule has 1 atom stereocenters. The summed E-state index contributed by atoms with van der Waals surface area (Å²) in [4.78, 5) is 34.8. The van der Waals surface area contributed by atoms with Crippen LogP contribution in [-0.4, -0.2) is 47.2 Å². The van der Waals surface area contributed by atoms with Crippen molar-refractivity contribution in [2.24, 2.45) is 5.41 Å². The molecule has 0 aromatic heterocycles. The number of hydrogen-bond donors (Lipinski definition) is 3. The lowest BCUT2D eigenvalue weighted by molar-refractivity contribution is -0.143. The molecule has 0 saturated carbocycles. The molecule has 0 bridgehead atoms. The third-order valence-corrected chi connectivity index (χ3v) is 4.88. The predicted molar refractivity (Wildman–Crippen MR) is 110 cm³/mol. The largest absolute Gasteiger partial charge is 0.480 e. The Morgan fingerprint density at radius 2 is 1.82 bits per heavy atom. The van der Waals surface area contributed by atoms with Gasteiger partial charge in [-0.1, -0.05) is 51.1 Å². The molecule has 0 aliphatic carbocycles. The SMILES string of the molecule is CC(C)(C)C(=O)N[C@H](CCSCCCNC(=O)OCc1ccccc1)C(=O)O. The minimum absolute atomic E-state index is 0.234. The monoisotopic (exact) mass is 410 g/mol. The van der Waals surface area contributed by atoms with Crippen molar-refractivity contribution in [1.82, 2.24) is 10.6 Å². The van der Waals surface area contributed by atoms with E-state index >= 15 is 0 Å². The van der Waals surface area contributed by atoms with E-state index in [2.05, 4.69) is 10.6 Å². The normalized spacial score (nSPS) is 12.1. The molecule has 28 heavy (non-hydrogen) atoms. The van der Waals surface area contributed by atoms with Crippen LogP contribution >= 0.6 is 11.8 Å². The third kappa shape index (κ3) is 10.2. The zero-order valence-electron chi connectivity index (χ0n) is 16.7. The summed E-state index contributed by atoms with van der Waals surface area (Å²) in [7, 11) is 0. The van der Waals surface area contributed by atoms with Crippen molar-refractivity contribution in [2.75, 3.05) is 18.1 Å². The van der Waals surface area contributed by atoms with Gasteiger partial charge in [0.1, 0.15) is 12.6 Å². The number of aliphatic carboxylic acids is 1. The Morgan fingerprint density at radius 1 is 1.14 bits per heavy atom. The fourth-order valence-corrected chi connectivity index (χ4v) is 3.03.